The Morgan fingerprint density at radius 3 is 2.76 bits per heavy atom. The molecule has 0 aliphatic carbocycles. The molecule has 1 aromatic rings. The number of nitrogens with one attached hydrogen (secondary N) is 1. The van der Waals surface area contributed by atoms with Gasteiger partial charge >= 0.3 is 12.1 Å². The molecule has 17 heavy (non-hydrogen) atoms. The van der Waals surface area contributed by atoms with Crippen LogP contribution >= 0.6 is 0 Å². The molecule has 0 saturated carbocycles. The van der Waals surface area contributed by atoms with Crippen LogP contribution in [0.3, 0.4) is 0 Å². The Bertz CT molecular complexity index is 418. The fraction of sp³-hybridized carbons (Fsp3) is 0.333. The van der Waals surface area contributed by atoms with Crippen molar-refractivity contribution in [2.24, 2.45) is 0 Å². The lowest BCUT2D eigenvalue weighted by Gasteiger charge is -2.18. The van der Waals surface area contributed by atoms with Gasteiger partial charge in [-0.25, -0.2) is 4.79 Å². The van der Waals surface area contributed by atoms with Crippen LogP contribution in [-0.4, -0.2) is 25.2 Å². The van der Waals surface area contributed by atoms with Crippen LogP contribution in [0.2, 0.25) is 0 Å². The molecule has 1 N–H and O–H groups in total. The normalized spacial score (nSPS) is 23.0. The number of amides is 1. The highest BCUT2D eigenvalue weighted by molar-refractivity contribution is 5.75. The molecule has 1 heterocycles. The SMILES string of the molecule is COC(=O)N[C@H]1CC(=O)O[C@@H]1c1ccccc1. The molecule has 1 aromatic carbocycles. The van der Waals surface area contributed by atoms with Crippen molar-refractivity contribution >= 4 is 12.1 Å². The number of methoxy groups -OCH3 is 1. The quantitative estimate of drug-likeness (QED) is 0.787. The number of alkyl carbamates (subject to hydrolysis) is 1. The van der Waals surface area contributed by atoms with Crippen LogP contribution in [-0.2, 0) is 14.3 Å². The third-order valence-corrected chi connectivity index (χ3v) is 2.63. The number of carbonyl (C=O) groups excluding carboxylic acids is 2. The summed E-state index contributed by atoms with van der Waals surface area (Å²) in [7, 11) is 1.28. The van der Waals surface area contributed by atoms with Crippen molar-refractivity contribution in [3.05, 3.63) is 35.9 Å². The zero-order valence-electron chi connectivity index (χ0n) is 9.38. The fourth-order valence-corrected chi connectivity index (χ4v) is 1.84. The summed E-state index contributed by atoms with van der Waals surface area (Å²) in [5, 5.41) is 2.60. The standard InChI is InChI=1S/C12H13NO4/c1-16-12(15)13-9-7-10(14)17-11(9)8-5-3-2-4-6-8/h2-6,9,11H,7H2,1H3,(H,13,15)/t9-,11+/m0/s1. The van der Waals surface area contributed by atoms with Gasteiger partial charge in [-0.1, -0.05) is 30.3 Å². The smallest absolute Gasteiger partial charge is 0.407 e. The first-order valence-corrected chi connectivity index (χ1v) is 5.29. The average molecular weight is 235 g/mol. The highest BCUT2D eigenvalue weighted by Gasteiger charge is 2.37. The Kier molecular flexibility index (Phi) is 3.27. The molecule has 1 aliphatic heterocycles. The van der Waals surface area contributed by atoms with Gasteiger partial charge in [-0.15, -0.1) is 0 Å². The summed E-state index contributed by atoms with van der Waals surface area (Å²) in [6, 6.07) is 8.93. The second kappa shape index (κ2) is 4.86. The van der Waals surface area contributed by atoms with E-state index < -0.39 is 12.2 Å². The second-order valence-corrected chi connectivity index (χ2v) is 3.77. The number of hydrogen-bond acceptors (Lipinski definition) is 4. The first-order valence-electron chi connectivity index (χ1n) is 5.29. The Morgan fingerprint density at radius 1 is 1.41 bits per heavy atom. The van der Waals surface area contributed by atoms with E-state index in [-0.39, 0.29) is 18.4 Å². The van der Waals surface area contributed by atoms with E-state index in [1.165, 1.54) is 7.11 Å². The van der Waals surface area contributed by atoms with E-state index in [1.807, 2.05) is 30.3 Å². The first-order chi connectivity index (χ1) is 8.20. The number of carbonyl (C=O) groups is 2. The van der Waals surface area contributed by atoms with Gasteiger partial charge in [0.05, 0.1) is 19.6 Å². The van der Waals surface area contributed by atoms with Crippen molar-refractivity contribution in [2.45, 2.75) is 18.6 Å². The van der Waals surface area contributed by atoms with Gasteiger partial charge in [0.15, 0.2) is 0 Å². The summed E-state index contributed by atoms with van der Waals surface area (Å²) < 4.78 is 9.71. The molecule has 0 aromatic heterocycles. The van der Waals surface area contributed by atoms with Gasteiger partial charge < -0.3 is 14.8 Å². The van der Waals surface area contributed by atoms with E-state index in [2.05, 4.69) is 10.1 Å². The average Bonchev–Trinajstić information content (AvgIpc) is 2.71. The Morgan fingerprint density at radius 2 is 2.12 bits per heavy atom. The van der Waals surface area contributed by atoms with Crippen molar-refractivity contribution < 1.29 is 19.1 Å². The molecule has 1 fully saturated rings. The maximum atomic E-state index is 11.3. The van der Waals surface area contributed by atoms with E-state index >= 15 is 0 Å². The number of esters is 1. The second-order valence-electron chi connectivity index (χ2n) is 3.77. The van der Waals surface area contributed by atoms with Crippen LogP contribution in [0, 0.1) is 0 Å². The van der Waals surface area contributed by atoms with Crippen LogP contribution < -0.4 is 5.32 Å². The minimum absolute atomic E-state index is 0.161. The third kappa shape index (κ3) is 2.55. The van der Waals surface area contributed by atoms with Gasteiger partial charge in [-0.3, -0.25) is 4.79 Å². The molecule has 5 heteroatoms. The number of rotatable bonds is 2. The molecule has 0 radical (unpaired) electrons. The molecule has 90 valence electrons. The highest BCUT2D eigenvalue weighted by Crippen LogP contribution is 2.29. The molecule has 5 nitrogen and oxygen atoms in total. The Balaban J connectivity index is 2.14. The minimum atomic E-state index is -0.561. The molecular formula is C12H13NO4. The number of hydrogen-bond donors (Lipinski definition) is 1. The molecule has 2 atom stereocenters. The van der Waals surface area contributed by atoms with Crippen molar-refractivity contribution in [2.75, 3.05) is 7.11 Å². The Hall–Kier alpha value is -2.04. The van der Waals surface area contributed by atoms with Gasteiger partial charge in [-0.2, -0.15) is 0 Å². The maximum absolute atomic E-state index is 11.3. The number of ether oxygens (including phenoxy) is 2. The van der Waals surface area contributed by atoms with Gasteiger partial charge in [0.2, 0.25) is 0 Å². The largest absolute Gasteiger partial charge is 0.455 e. The fourth-order valence-electron chi connectivity index (χ4n) is 1.84. The highest BCUT2D eigenvalue weighted by atomic mass is 16.6. The van der Waals surface area contributed by atoms with Crippen LogP contribution in [0.1, 0.15) is 18.1 Å². The van der Waals surface area contributed by atoms with E-state index in [4.69, 9.17) is 4.74 Å². The third-order valence-electron chi connectivity index (χ3n) is 2.63. The molecule has 1 amide bonds. The molecule has 0 spiro atoms. The van der Waals surface area contributed by atoms with Gasteiger partial charge in [0.25, 0.3) is 0 Å². The van der Waals surface area contributed by atoms with Gasteiger partial charge in [0.1, 0.15) is 6.10 Å². The summed E-state index contributed by atoms with van der Waals surface area (Å²) in [5.74, 6) is -0.319. The molecular weight excluding hydrogens is 222 g/mol. The van der Waals surface area contributed by atoms with Gasteiger partial charge in [-0.05, 0) is 5.56 Å². The predicted octanol–water partition coefficient (Wildman–Crippen LogP) is 1.40. The molecule has 1 saturated heterocycles. The van der Waals surface area contributed by atoms with Gasteiger partial charge in [0, 0.05) is 0 Å². The van der Waals surface area contributed by atoms with Crippen LogP contribution in [0.5, 0.6) is 0 Å². The molecule has 1 aliphatic rings. The van der Waals surface area contributed by atoms with Crippen molar-refractivity contribution in [3.63, 3.8) is 0 Å². The van der Waals surface area contributed by atoms with E-state index in [1.54, 1.807) is 0 Å². The number of benzene rings is 1. The lowest BCUT2D eigenvalue weighted by molar-refractivity contribution is -0.141. The molecule has 0 bridgehead atoms. The zero-order chi connectivity index (χ0) is 12.3. The van der Waals surface area contributed by atoms with Crippen LogP contribution in [0.4, 0.5) is 4.79 Å². The van der Waals surface area contributed by atoms with Crippen molar-refractivity contribution in [1.29, 1.82) is 0 Å². The first kappa shape index (κ1) is 11.4. The molecule has 2 rings (SSSR count). The summed E-state index contributed by atoms with van der Waals surface area (Å²) >= 11 is 0. The summed E-state index contributed by atoms with van der Waals surface area (Å²) in [6.45, 7) is 0. The zero-order valence-corrected chi connectivity index (χ0v) is 9.38. The van der Waals surface area contributed by atoms with Crippen LogP contribution in [0.15, 0.2) is 30.3 Å². The topological polar surface area (TPSA) is 64.6 Å². The van der Waals surface area contributed by atoms with Crippen molar-refractivity contribution in [1.82, 2.24) is 5.32 Å². The van der Waals surface area contributed by atoms with E-state index in [0.717, 1.165) is 5.56 Å². The summed E-state index contributed by atoms with van der Waals surface area (Å²) in [4.78, 5) is 22.4. The van der Waals surface area contributed by atoms with Crippen LogP contribution in [0.25, 0.3) is 0 Å². The van der Waals surface area contributed by atoms with E-state index in [0.29, 0.717) is 0 Å². The van der Waals surface area contributed by atoms with E-state index in [9.17, 15) is 9.59 Å². The number of cyclic esters (lactones) is 1. The van der Waals surface area contributed by atoms with Crippen molar-refractivity contribution in [3.8, 4) is 0 Å². The minimum Gasteiger partial charge on any atom is -0.455 e. The molecule has 0 unspecified atom stereocenters. The lowest BCUT2D eigenvalue weighted by atomic mass is 10.0. The lowest BCUT2D eigenvalue weighted by Crippen LogP contribution is -2.36. The monoisotopic (exact) mass is 235 g/mol. The predicted molar refractivity (Wildman–Crippen MR) is 59.2 cm³/mol. The maximum Gasteiger partial charge on any atom is 0.407 e. The summed E-state index contributed by atoms with van der Waals surface area (Å²) in [6.07, 6.45) is -0.841. The summed E-state index contributed by atoms with van der Waals surface area (Å²) in [5.41, 5.74) is 0.861. The Labute approximate surface area is 98.7 Å².